The van der Waals surface area contributed by atoms with Crippen LogP contribution in [0, 0.1) is 0 Å². The molecule has 0 fully saturated rings. The van der Waals surface area contributed by atoms with Gasteiger partial charge in [0.1, 0.15) is 4.83 Å². The molecule has 2 atom stereocenters. The normalized spacial score (nSPS) is 13.9. The fourth-order valence-electron chi connectivity index (χ4n) is 1.32. The summed E-state index contributed by atoms with van der Waals surface area (Å²) >= 11 is 6.45. The van der Waals surface area contributed by atoms with Gasteiger partial charge in [0.25, 0.3) is 0 Å². The Morgan fingerprint density at radius 1 is 1.24 bits per heavy atom. The van der Waals surface area contributed by atoms with Gasteiger partial charge in [-0.3, -0.25) is 4.79 Å². The van der Waals surface area contributed by atoms with Crippen LogP contribution in [0.5, 0.6) is 11.5 Å². The summed E-state index contributed by atoms with van der Waals surface area (Å²) in [6.45, 7) is 0. The van der Waals surface area contributed by atoms with Crippen LogP contribution in [0.25, 0.3) is 0 Å². The van der Waals surface area contributed by atoms with Crippen molar-refractivity contribution in [3.63, 3.8) is 0 Å². The largest absolute Gasteiger partial charge is 0.493 e. The average molecular weight is 368 g/mol. The minimum atomic E-state index is -0.929. The molecular formula is C11H12Br2O4. The molecule has 1 N–H and O–H groups in total. The van der Waals surface area contributed by atoms with E-state index < -0.39 is 10.8 Å². The highest BCUT2D eigenvalue weighted by Crippen LogP contribution is 2.36. The number of halogens is 2. The molecule has 1 rings (SSSR count). The molecular weight excluding hydrogens is 356 g/mol. The molecule has 0 bridgehead atoms. The third kappa shape index (κ3) is 3.35. The molecule has 6 heteroatoms. The first-order valence-electron chi connectivity index (χ1n) is 4.74. The lowest BCUT2D eigenvalue weighted by Gasteiger charge is -2.15. The molecule has 0 heterocycles. The van der Waals surface area contributed by atoms with E-state index in [1.165, 1.54) is 7.11 Å². The fraction of sp³-hybridized carbons (Fsp3) is 0.364. The van der Waals surface area contributed by atoms with Crippen molar-refractivity contribution in [3.8, 4) is 11.5 Å². The Hall–Kier alpha value is -0.750. The van der Waals surface area contributed by atoms with Gasteiger partial charge in [-0.2, -0.15) is 0 Å². The molecule has 1 aromatic carbocycles. The summed E-state index contributed by atoms with van der Waals surface area (Å²) in [5.74, 6) is 0.249. The first-order chi connectivity index (χ1) is 8.01. The Balaban J connectivity index is 3.03. The third-order valence-electron chi connectivity index (χ3n) is 2.22. The Morgan fingerprint density at radius 3 is 2.29 bits per heavy atom. The van der Waals surface area contributed by atoms with E-state index in [-0.39, 0.29) is 4.83 Å². The van der Waals surface area contributed by atoms with Crippen LogP contribution >= 0.6 is 31.9 Å². The quantitative estimate of drug-likeness (QED) is 0.813. The second-order valence-electron chi connectivity index (χ2n) is 3.26. The van der Waals surface area contributed by atoms with Crippen LogP contribution in [-0.4, -0.2) is 30.1 Å². The monoisotopic (exact) mass is 366 g/mol. The summed E-state index contributed by atoms with van der Waals surface area (Å²) < 4.78 is 10.3. The zero-order valence-electron chi connectivity index (χ0n) is 9.31. The number of methoxy groups -OCH3 is 2. The van der Waals surface area contributed by atoms with Crippen LogP contribution in [0.2, 0.25) is 0 Å². The Bertz CT molecular complexity index is 408. The number of carboxylic acid groups (broad SMARTS) is 1. The Morgan fingerprint density at radius 2 is 1.82 bits per heavy atom. The van der Waals surface area contributed by atoms with Gasteiger partial charge in [-0.25, -0.2) is 0 Å². The molecule has 1 aromatic rings. The fourth-order valence-corrected chi connectivity index (χ4v) is 2.13. The standard InChI is InChI=1S/C11H12Br2O4/c1-16-7-4-3-6(5-8(7)17-2)9(12)10(13)11(14)15/h3-5,9-10H,1-2H3,(H,14,15)/t9-,10-/m1/s1. The lowest BCUT2D eigenvalue weighted by atomic mass is 10.1. The lowest BCUT2D eigenvalue weighted by molar-refractivity contribution is -0.136. The van der Waals surface area contributed by atoms with Gasteiger partial charge in [-0.15, -0.1) is 0 Å². The van der Waals surface area contributed by atoms with Gasteiger partial charge >= 0.3 is 5.97 Å². The summed E-state index contributed by atoms with van der Waals surface area (Å²) in [6, 6.07) is 5.28. The number of hydrogen-bond acceptors (Lipinski definition) is 3. The van der Waals surface area contributed by atoms with Crippen LogP contribution in [-0.2, 0) is 4.79 Å². The second kappa shape index (κ2) is 6.26. The van der Waals surface area contributed by atoms with Crippen LogP contribution in [0.15, 0.2) is 18.2 Å². The van der Waals surface area contributed by atoms with Crippen molar-refractivity contribution in [1.29, 1.82) is 0 Å². The molecule has 0 spiro atoms. The summed E-state index contributed by atoms with van der Waals surface area (Å²) in [7, 11) is 3.08. The maximum absolute atomic E-state index is 10.9. The molecule has 0 radical (unpaired) electrons. The molecule has 0 aromatic heterocycles. The van der Waals surface area contributed by atoms with Crippen molar-refractivity contribution in [3.05, 3.63) is 23.8 Å². The molecule has 0 saturated carbocycles. The van der Waals surface area contributed by atoms with E-state index in [9.17, 15) is 4.79 Å². The minimum Gasteiger partial charge on any atom is -0.493 e. The van der Waals surface area contributed by atoms with E-state index in [2.05, 4.69) is 31.9 Å². The van der Waals surface area contributed by atoms with Crippen LogP contribution in [0.3, 0.4) is 0 Å². The van der Waals surface area contributed by atoms with E-state index >= 15 is 0 Å². The highest BCUT2D eigenvalue weighted by Gasteiger charge is 2.25. The molecule has 0 saturated heterocycles. The molecule has 0 aliphatic carbocycles. The molecule has 0 unspecified atom stereocenters. The predicted molar refractivity (Wildman–Crippen MR) is 71.6 cm³/mol. The molecule has 17 heavy (non-hydrogen) atoms. The maximum Gasteiger partial charge on any atom is 0.318 e. The SMILES string of the molecule is COc1ccc([C@@H](Br)[C@@H](Br)C(=O)O)cc1OC. The van der Waals surface area contributed by atoms with Gasteiger partial charge in [-0.1, -0.05) is 37.9 Å². The number of hydrogen-bond donors (Lipinski definition) is 1. The van der Waals surface area contributed by atoms with Gasteiger partial charge < -0.3 is 14.6 Å². The van der Waals surface area contributed by atoms with Crippen LogP contribution in [0.4, 0.5) is 0 Å². The van der Waals surface area contributed by atoms with Crippen LogP contribution < -0.4 is 9.47 Å². The number of aliphatic carboxylic acids is 1. The van der Waals surface area contributed by atoms with E-state index in [0.29, 0.717) is 11.5 Å². The summed E-state index contributed by atoms with van der Waals surface area (Å²) in [5.41, 5.74) is 0.798. The van der Waals surface area contributed by atoms with Gasteiger partial charge in [0.05, 0.1) is 19.0 Å². The number of carboxylic acids is 1. The van der Waals surface area contributed by atoms with Crippen molar-refractivity contribution in [2.75, 3.05) is 14.2 Å². The lowest BCUT2D eigenvalue weighted by Crippen LogP contribution is -2.17. The first-order valence-corrected chi connectivity index (χ1v) is 6.57. The van der Waals surface area contributed by atoms with Gasteiger partial charge in [-0.05, 0) is 17.7 Å². The number of benzene rings is 1. The second-order valence-corrected chi connectivity index (χ2v) is 5.23. The van der Waals surface area contributed by atoms with E-state index in [1.807, 2.05) is 0 Å². The van der Waals surface area contributed by atoms with Gasteiger partial charge in [0, 0.05) is 0 Å². The van der Waals surface area contributed by atoms with Crippen molar-refractivity contribution < 1.29 is 19.4 Å². The van der Waals surface area contributed by atoms with Crippen molar-refractivity contribution in [1.82, 2.24) is 0 Å². The first kappa shape index (κ1) is 14.3. The van der Waals surface area contributed by atoms with Crippen LogP contribution in [0.1, 0.15) is 10.4 Å². The zero-order chi connectivity index (χ0) is 13.0. The molecule has 0 aliphatic heterocycles. The number of rotatable bonds is 5. The van der Waals surface area contributed by atoms with Crippen molar-refractivity contribution >= 4 is 37.8 Å². The van der Waals surface area contributed by atoms with Gasteiger partial charge in [0.2, 0.25) is 0 Å². The Labute approximate surface area is 116 Å². The topological polar surface area (TPSA) is 55.8 Å². The molecule has 0 amide bonds. The highest BCUT2D eigenvalue weighted by molar-refractivity contribution is 9.12. The summed E-state index contributed by atoms with van der Waals surface area (Å²) in [5, 5.41) is 8.91. The molecule has 0 aliphatic rings. The van der Waals surface area contributed by atoms with E-state index in [4.69, 9.17) is 14.6 Å². The number of ether oxygens (including phenoxy) is 2. The summed E-state index contributed by atoms with van der Waals surface area (Å²) in [6.07, 6.45) is 0. The zero-order valence-corrected chi connectivity index (χ0v) is 12.5. The van der Waals surface area contributed by atoms with E-state index in [0.717, 1.165) is 5.56 Å². The van der Waals surface area contributed by atoms with Crippen molar-refractivity contribution in [2.24, 2.45) is 0 Å². The van der Waals surface area contributed by atoms with E-state index in [1.54, 1.807) is 25.3 Å². The highest BCUT2D eigenvalue weighted by atomic mass is 79.9. The van der Waals surface area contributed by atoms with Gasteiger partial charge in [0.15, 0.2) is 11.5 Å². The summed E-state index contributed by atoms with van der Waals surface area (Å²) in [4.78, 5) is 9.80. The van der Waals surface area contributed by atoms with Crippen molar-refractivity contribution in [2.45, 2.75) is 9.65 Å². The third-order valence-corrected chi connectivity index (χ3v) is 4.91. The number of carbonyl (C=O) groups is 1. The predicted octanol–water partition coefficient (Wildman–Crippen LogP) is 2.99. The number of alkyl halides is 2. The minimum absolute atomic E-state index is 0.347. The molecule has 94 valence electrons. The Kier molecular flexibility index (Phi) is 5.27. The average Bonchev–Trinajstić information content (AvgIpc) is 2.35. The smallest absolute Gasteiger partial charge is 0.318 e. The molecule has 4 nitrogen and oxygen atoms in total. The maximum atomic E-state index is 10.9.